The van der Waals surface area contributed by atoms with Gasteiger partial charge in [-0.15, -0.1) is 0 Å². The number of carbonyl (C=O) groups excluding carboxylic acids is 1. The number of benzene rings is 1. The molecular formula is C18H16FN3O2. The Bertz CT molecular complexity index is 858. The van der Waals surface area contributed by atoms with E-state index in [-0.39, 0.29) is 24.3 Å². The third-order valence-electron chi connectivity index (χ3n) is 4.38. The van der Waals surface area contributed by atoms with Crippen molar-refractivity contribution in [1.82, 2.24) is 14.3 Å². The first-order valence-electron chi connectivity index (χ1n) is 7.80. The summed E-state index contributed by atoms with van der Waals surface area (Å²) in [6.45, 7) is 0.245. The lowest BCUT2D eigenvalue weighted by atomic mass is 10.0. The Morgan fingerprint density at radius 1 is 1.21 bits per heavy atom. The maximum Gasteiger partial charge on any atom is 0.274 e. The van der Waals surface area contributed by atoms with Crippen molar-refractivity contribution >= 4 is 11.6 Å². The van der Waals surface area contributed by atoms with Gasteiger partial charge >= 0.3 is 0 Å². The van der Waals surface area contributed by atoms with Crippen LogP contribution in [0.25, 0.3) is 5.65 Å². The summed E-state index contributed by atoms with van der Waals surface area (Å²) < 4.78 is 14.9. The Hall–Kier alpha value is -2.73. The van der Waals surface area contributed by atoms with Crippen molar-refractivity contribution in [3.05, 3.63) is 71.9 Å². The number of imidazole rings is 1. The van der Waals surface area contributed by atoms with Crippen molar-refractivity contribution in [3.63, 3.8) is 0 Å². The van der Waals surface area contributed by atoms with Gasteiger partial charge in [0.1, 0.15) is 17.2 Å². The van der Waals surface area contributed by atoms with Crippen LogP contribution in [0.3, 0.4) is 0 Å². The van der Waals surface area contributed by atoms with E-state index < -0.39 is 6.10 Å². The molecule has 5 nitrogen and oxygen atoms in total. The van der Waals surface area contributed by atoms with Crippen LogP contribution in [-0.4, -0.2) is 37.9 Å². The average molecular weight is 325 g/mol. The van der Waals surface area contributed by atoms with Gasteiger partial charge in [-0.05, 0) is 36.2 Å². The number of halogens is 1. The molecule has 1 saturated heterocycles. The van der Waals surface area contributed by atoms with Gasteiger partial charge in [0, 0.05) is 18.9 Å². The van der Waals surface area contributed by atoms with E-state index in [1.54, 1.807) is 27.6 Å². The highest BCUT2D eigenvalue weighted by molar-refractivity contribution is 5.93. The quantitative estimate of drug-likeness (QED) is 0.787. The molecule has 0 aliphatic carbocycles. The number of aliphatic hydroxyl groups excluding tert-OH is 1. The zero-order valence-corrected chi connectivity index (χ0v) is 12.8. The van der Waals surface area contributed by atoms with Crippen molar-refractivity contribution in [2.75, 3.05) is 6.54 Å². The van der Waals surface area contributed by atoms with Crippen LogP contribution in [0.5, 0.6) is 0 Å². The lowest BCUT2D eigenvalue weighted by molar-refractivity contribution is 0.0710. The molecule has 6 heteroatoms. The highest BCUT2D eigenvalue weighted by atomic mass is 19.1. The monoisotopic (exact) mass is 325 g/mol. The maximum absolute atomic E-state index is 13.1. The summed E-state index contributed by atoms with van der Waals surface area (Å²) in [4.78, 5) is 18.8. The number of amides is 1. The minimum absolute atomic E-state index is 0.232. The number of rotatable bonds is 2. The van der Waals surface area contributed by atoms with E-state index in [0.717, 1.165) is 5.56 Å². The standard InChI is InChI=1S/C18H16FN3O2/c19-13-6-4-12(5-7-13)16-9-14(23)10-22(16)18(24)15-11-21-8-2-1-3-17(21)20-15/h1-8,11,14,16,23H,9-10H2/t14-,16+/m0/s1. The molecule has 3 aromatic rings. The smallest absolute Gasteiger partial charge is 0.274 e. The Morgan fingerprint density at radius 2 is 2.00 bits per heavy atom. The fourth-order valence-corrected chi connectivity index (χ4v) is 3.22. The van der Waals surface area contributed by atoms with Gasteiger partial charge in [0.2, 0.25) is 0 Å². The SMILES string of the molecule is O=C(c1cn2ccccc2n1)N1C[C@@H](O)C[C@@H]1c1ccc(F)cc1. The number of likely N-dealkylation sites (tertiary alicyclic amines) is 1. The van der Waals surface area contributed by atoms with E-state index in [0.29, 0.717) is 17.8 Å². The summed E-state index contributed by atoms with van der Waals surface area (Å²) in [5, 5.41) is 10.0. The molecule has 4 rings (SSSR count). The van der Waals surface area contributed by atoms with Crippen LogP contribution in [0.4, 0.5) is 4.39 Å². The molecule has 0 bridgehead atoms. The minimum atomic E-state index is -0.596. The number of hydrogen-bond acceptors (Lipinski definition) is 3. The predicted molar refractivity (Wildman–Crippen MR) is 86.0 cm³/mol. The number of fused-ring (bicyclic) bond motifs is 1. The van der Waals surface area contributed by atoms with Crippen molar-refractivity contribution < 1.29 is 14.3 Å². The molecule has 1 aliphatic heterocycles. The van der Waals surface area contributed by atoms with Crippen LogP contribution in [0, 0.1) is 5.82 Å². The fourth-order valence-electron chi connectivity index (χ4n) is 3.22. The average Bonchev–Trinajstić information content (AvgIpc) is 3.18. The summed E-state index contributed by atoms with van der Waals surface area (Å²) in [5.41, 5.74) is 1.84. The molecule has 2 atom stereocenters. The number of hydrogen-bond donors (Lipinski definition) is 1. The Balaban J connectivity index is 1.67. The third kappa shape index (κ3) is 2.55. The number of β-amino-alcohol motifs (C(OH)–C–C–N with tert-alkyl or cyclic N) is 1. The summed E-state index contributed by atoms with van der Waals surface area (Å²) in [7, 11) is 0. The minimum Gasteiger partial charge on any atom is -0.391 e. The van der Waals surface area contributed by atoms with Crippen LogP contribution in [-0.2, 0) is 0 Å². The number of aromatic nitrogens is 2. The molecule has 0 radical (unpaired) electrons. The summed E-state index contributed by atoms with van der Waals surface area (Å²) in [5.74, 6) is -0.555. The largest absolute Gasteiger partial charge is 0.391 e. The molecule has 0 saturated carbocycles. The molecule has 0 unspecified atom stereocenters. The van der Waals surface area contributed by atoms with Crippen molar-refractivity contribution in [3.8, 4) is 0 Å². The van der Waals surface area contributed by atoms with Gasteiger partial charge in [-0.25, -0.2) is 9.37 Å². The van der Waals surface area contributed by atoms with Gasteiger partial charge in [0.15, 0.2) is 0 Å². The Morgan fingerprint density at radius 3 is 2.75 bits per heavy atom. The van der Waals surface area contributed by atoms with Gasteiger partial charge in [0.05, 0.1) is 12.1 Å². The Labute approximate surface area is 138 Å². The summed E-state index contributed by atoms with van der Waals surface area (Å²) in [6, 6.07) is 11.3. The topological polar surface area (TPSA) is 57.8 Å². The predicted octanol–water partition coefficient (Wildman–Crippen LogP) is 2.42. The van der Waals surface area contributed by atoms with Crippen LogP contribution in [0.1, 0.15) is 28.5 Å². The van der Waals surface area contributed by atoms with Crippen molar-refractivity contribution in [2.24, 2.45) is 0 Å². The van der Waals surface area contributed by atoms with E-state index in [4.69, 9.17) is 0 Å². The first kappa shape index (κ1) is 14.8. The first-order chi connectivity index (χ1) is 11.6. The zero-order valence-electron chi connectivity index (χ0n) is 12.8. The van der Waals surface area contributed by atoms with Gasteiger partial charge in [-0.3, -0.25) is 4.79 Å². The lowest BCUT2D eigenvalue weighted by Gasteiger charge is -2.24. The molecular weight excluding hydrogens is 309 g/mol. The molecule has 24 heavy (non-hydrogen) atoms. The second-order valence-electron chi connectivity index (χ2n) is 6.01. The number of nitrogens with zero attached hydrogens (tertiary/aromatic N) is 3. The molecule has 1 fully saturated rings. The van der Waals surface area contributed by atoms with Gasteiger partial charge < -0.3 is 14.4 Å². The third-order valence-corrected chi connectivity index (χ3v) is 4.38. The number of carbonyl (C=O) groups is 1. The Kier molecular flexibility index (Phi) is 3.54. The van der Waals surface area contributed by atoms with E-state index >= 15 is 0 Å². The fraction of sp³-hybridized carbons (Fsp3) is 0.222. The molecule has 1 amide bonds. The second-order valence-corrected chi connectivity index (χ2v) is 6.01. The summed E-state index contributed by atoms with van der Waals surface area (Å²) >= 11 is 0. The molecule has 1 aliphatic rings. The van der Waals surface area contributed by atoms with Gasteiger partial charge in [-0.2, -0.15) is 0 Å². The zero-order chi connectivity index (χ0) is 16.7. The van der Waals surface area contributed by atoms with Gasteiger partial charge in [0.25, 0.3) is 5.91 Å². The van der Waals surface area contributed by atoms with Crippen molar-refractivity contribution in [1.29, 1.82) is 0 Å². The highest BCUT2D eigenvalue weighted by Crippen LogP contribution is 2.33. The maximum atomic E-state index is 13.1. The molecule has 1 aromatic carbocycles. The molecule has 2 aromatic heterocycles. The second kappa shape index (κ2) is 5.72. The van der Waals surface area contributed by atoms with E-state index in [1.165, 1.54) is 12.1 Å². The van der Waals surface area contributed by atoms with Crippen LogP contribution >= 0.6 is 0 Å². The van der Waals surface area contributed by atoms with Crippen molar-refractivity contribution in [2.45, 2.75) is 18.6 Å². The lowest BCUT2D eigenvalue weighted by Crippen LogP contribution is -2.32. The number of aliphatic hydroxyl groups is 1. The normalized spacial score (nSPS) is 20.7. The van der Waals surface area contributed by atoms with Crippen LogP contribution < -0.4 is 0 Å². The number of pyridine rings is 1. The molecule has 3 heterocycles. The van der Waals surface area contributed by atoms with Gasteiger partial charge in [-0.1, -0.05) is 18.2 Å². The van der Waals surface area contributed by atoms with Crippen LogP contribution in [0.2, 0.25) is 0 Å². The summed E-state index contributed by atoms with van der Waals surface area (Å²) in [6.07, 6.45) is 3.35. The van der Waals surface area contributed by atoms with E-state index in [9.17, 15) is 14.3 Å². The van der Waals surface area contributed by atoms with E-state index in [2.05, 4.69) is 4.98 Å². The first-order valence-corrected chi connectivity index (χ1v) is 7.80. The van der Waals surface area contributed by atoms with E-state index in [1.807, 2.05) is 24.4 Å². The highest BCUT2D eigenvalue weighted by Gasteiger charge is 2.36. The molecule has 1 N–H and O–H groups in total. The van der Waals surface area contributed by atoms with Crippen LogP contribution in [0.15, 0.2) is 54.9 Å². The molecule has 122 valence electrons. The molecule has 0 spiro atoms.